The molecular formula is C17H17N3O3. The van der Waals surface area contributed by atoms with Crippen molar-refractivity contribution in [2.75, 3.05) is 5.32 Å². The summed E-state index contributed by atoms with van der Waals surface area (Å²) in [6.07, 6.45) is 0.0427. The van der Waals surface area contributed by atoms with E-state index in [1.807, 2.05) is 19.9 Å². The Morgan fingerprint density at radius 3 is 2.65 bits per heavy atom. The van der Waals surface area contributed by atoms with Gasteiger partial charge in [0.1, 0.15) is 5.75 Å². The van der Waals surface area contributed by atoms with E-state index in [1.165, 1.54) is 0 Å². The van der Waals surface area contributed by atoms with Crippen molar-refractivity contribution in [1.82, 2.24) is 9.97 Å². The number of benzene rings is 2. The first kappa shape index (κ1) is 14.9. The van der Waals surface area contributed by atoms with Gasteiger partial charge in [-0.05, 0) is 50.2 Å². The standard InChI is InChI=1S/C17H17N3O3/c1-10(2)23-13-5-3-4-11(8-13)16(21)18-12-6-7-14-15(9-12)20-17(22)19-14/h3-10H,1-2H3,(H,18,21)(H2,19,20,22). The summed E-state index contributed by atoms with van der Waals surface area (Å²) in [4.78, 5) is 28.9. The van der Waals surface area contributed by atoms with E-state index in [2.05, 4.69) is 15.3 Å². The van der Waals surface area contributed by atoms with Crippen molar-refractivity contribution in [3.05, 3.63) is 58.5 Å². The molecule has 6 heteroatoms. The molecule has 0 aliphatic carbocycles. The molecule has 0 aliphatic heterocycles. The molecule has 3 aromatic rings. The zero-order chi connectivity index (χ0) is 16.4. The van der Waals surface area contributed by atoms with E-state index in [9.17, 15) is 9.59 Å². The van der Waals surface area contributed by atoms with Crippen LogP contribution >= 0.6 is 0 Å². The van der Waals surface area contributed by atoms with E-state index in [1.54, 1.807) is 36.4 Å². The third-order valence-corrected chi connectivity index (χ3v) is 3.24. The van der Waals surface area contributed by atoms with Crippen LogP contribution in [0.4, 0.5) is 5.69 Å². The Hall–Kier alpha value is -3.02. The molecule has 0 saturated carbocycles. The van der Waals surface area contributed by atoms with Crippen LogP contribution in [-0.2, 0) is 0 Å². The highest BCUT2D eigenvalue weighted by atomic mass is 16.5. The highest BCUT2D eigenvalue weighted by Gasteiger charge is 2.09. The van der Waals surface area contributed by atoms with Crippen LogP contribution in [0.3, 0.4) is 0 Å². The van der Waals surface area contributed by atoms with Crippen molar-refractivity contribution in [1.29, 1.82) is 0 Å². The first-order chi connectivity index (χ1) is 11.0. The van der Waals surface area contributed by atoms with E-state index < -0.39 is 0 Å². The molecule has 118 valence electrons. The predicted molar refractivity (Wildman–Crippen MR) is 89.1 cm³/mol. The van der Waals surface area contributed by atoms with Gasteiger partial charge in [0.15, 0.2) is 0 Å². The summed E-state index contributed by atoms with van der Waals surface area (Å²) in [5, 5.41) is 2.81. The molecule has 3 rings (SSSR count). The average Bonchev–Trinajstić information content (AvgIpc) is 2.86. The van der Waals surface area contributed by atoms with E-state index in [0.29, 0.717) is 28.0 Å². The molecule has 23 heavy (non-hydrogen) atoms. The molecule has 2 aromatic carbocycles. The van der Waals surface area contributed by atoms with Crippen molar-refractivity contribution in [3.8, 4) is 5.75 Å². The summed E-state index contributed by atoms with van der Waals surface area (Å²) in [5.41, 5.74) is 2.17. The molecule has 0 unspecified atom stereocenters. The second-order valence-corrected chi connectivity index (χ2v) is 5.49. The van der Waals surface area contributed by atoms with E-state index in [-0.39, 0.29) is 17.7 Å². The molecule has 3 N–H and O–H groups in total. The molecule has 0 radical (unpaired) electrons. The van der Waals surface area contributed by atoms with Gasteiger partial charge in [0.2, 0.25) is 0 Å². The van der Waals surface area contributed by atoms with Crippen molar-refractivity contribution >= 4 is 22.6 Å². The monoisotopic (exact) mass is 311 g/mol. The van der Waals surface area contributed by atoms with Crippen LogP contribution in [0.2, 0.25) is 0 Å². The number of nitrogens with one attached hydrogen (secondary N) is 3. The van der Waals surface area contributed by atoms with Gasteiger partial charge < -0.3 is 20.0 Å². The van der Waals surface area contributed by atoms with Crippen LogP contribution in [0.5, 0.6) is 5.75 Å². The van der Waals surface area contributed by atoms with E-state index >= 15 is 0 Å². The van der Waals surface area contributed by atoms with Gasteiger partial charge in [-0.25, -0.2) is 4.79 Å². The van der Waals surface area contributed by atoms with Gasteiger partial charge >= 0.3 is 5.69 Å². The predicted octanol–water partition coefficient (Wildman–Crippen LogP) is 2.90. The first-order valence-corrected chi connectivity index (χ1v) is 7.31. The summed E-state index contributed by atoms with van der Waals surface area (Å²) in [6.45, 7) is 3.86. The van der Waals surface area contributed by atoms with Gasteiger partial charge in [0, 0.05) is 11.3 Å². The highest BCUT2D eigenvalue weighted by Crippen LogP contribution is 2.18. The Morgan fingerprint density at radius 2 is 1.87 bits per heavy atom. The number of hydrogen-bond acceptors (Lipinski definition) is 3. The molecular weight excluding hydrogens is 294 g/mol. The fourth-order valence-corrected chi connectivity index (χ4v) is 2.30. The molecule has 1 aromatic heterocycles. The maximum Gasteiger partial charge on any atom is 0.323 e. The van der Waals surface area contributed by atoms with Gasteiger partial charge in [-0.3, -0.25) is 4.79 Å². The smallest absolute Gasteiger partial charge is 0.323 e. The van der Waals surface area contributed by atoms with Gasteiger partial charge in [-0.15, -0.1) is 0 Å². The second-order valence-electron chi connectivity index (χ2n) is 5.49. The van der Waals surface area contributed by atoms with Crippen molar-refractivity contribution < 1.29 is 9.53 Å². The maximum absolute atomic E-state index is 12.3. The number of amides is 1. The zero-order valence-electron chi connectivity index (χ0n) is 12.8. The van der Waals surface area contributed by atoms with Gasteiger partial charge in [-0.1, -0.05) is 6.07 Å². The number of ether oxygens (including phenoxy) is 1. The van der Waals surface area contributed by atoms with Gasteiger partial charge in [0.25, 0.3) is 5.91 Å². The molecule has 6 nitrogen and oxygen atoms in total. The topological polar surface area (TPSA) is 87.0 Å². The number of carbonyl (C=O) groups is 1. The number of hydrogen-bond donors (Lipinski definition) is 3. The van der Waals surface area contributed by atoms with Crippen molar-refractivity contribution in [2.45, 2.75) is 20.0 Å². The first-order valence-electron chi connectivity index (χ1n) is 7.31. The Balaban J connectivity index is 1.81. The third-order valence-electron chi connectivity index (χ3n) is 3.24. The zero-order valence-corrected chi connectivity index (χ0v) is 12.8. The van der Waals surface area contributed by atoms with Gasteiger partial charge in [-0.2, -0.15) is 0 Å². The summed E-state index contributed by atoms with van der Waals surface area (Å²) in [7, 11) is 0. The van der Waals surface area contributed by atoms with E-state index in [0.717, 1.165) is 0 Å². The molecule has 0 bridgehead atoms. The lowest BCUT2D eigenvalue weighted by molar-refractivity contribution is 0.102. The Labute approximate surface area is 132 Å². The fourth-order valence-electron chi connectivity index (χ4n) is 2.30. The molecule has 1 amide bonds. The quantitative estimate of drug-likeness (QED) is 0.692. The number of rotatable bonds is 4. The maximum atomic E-state index is 12.3. The average molecular weight is 311 g/mol. The largest absolute Gasteiger partial charge is 0.491 e. The number of carbonyl (C=O) groups excluding carboxylic acids is 1. The number of aromatic nitrogens is 2. The summed E-state index contributed by atoms with van der Waals surface area (Å²) < 4.78 is 5.59. The Kier molecular flexibility index (Phi) is 3.89. The summed E-state index contributed by atoms with van der Waals surface area (Å²) in [6, 6.07) is 12.2. The minimum absolute atomic E-state index is 0.0427. The van der Waals surface area contributed by atoms with Crippen LogP contribution in [0.15, 0.2) is 47.3 Å². The van der Waals surface area contributed by atoms with E-state index in [4.69, 9.17) is 4.74 Å². The minimum Gasteiger partial charge on any atom is -0.491 e. The number of fused-ring (bicyclic) bond motifs is 1. The van der Waals surface area contributed by atoms with Crippen LogP contribution in [0.1, 0.15) is 24.2 Å². The Morgan fingerprint density at radius 1 is 1.09 bits per heavy atom. The molecule has 0 atom stereocenters. The van der Waals surface area contributed by atoms with Crippen LogP contribution in [0.25, 0.3) is 11.0 Å². The number of anilines is 1. The van der Waals surface area contributed by atoms with Crippen molar-refractivity contribution in [3.63, 3.8) is 0 Å². The summed E-state index contributed by atoms with van der Waals surface area (Å²) in [5.74, 6) is 0.412. The molecule has 0 aliphatic rings. The normalized spacial score (nSPS) is 10.9. The lowest BCUT2D eigenvalue weighted by Crippen LogP contribution is -2.12. The number of aromatic amines is 2. The van der Waals surface area contributed by atoms with Crippen LogP contribution < -0.4 is 15.7 Å². The lowest BCUT2D eigenvalue weighted by atomic mass is 10.2. The van der Waals surface area contributed by atoms with Gasteiger partial charge in [0.05, 0.1) is 17.1 Å². The number of imidazole rings is 1. The Bertz CT molecular complexity index is 909. The summed E-state index contributed by atoms with van der Waals surface area (Å²) >= 11 is 0. The highest BCUT2D eigenvalue weighted by molar-refractivity contribution is 6.05. The van der Waals surface area contributed by atoms with Crippen molar-refractivity contribution in [2.24, 2.45) is 0 Å². The minimum atomic E-state index is -0.276. The molecule has 1 heterocycles. The number of H-pyrrole nitrogens is 2. The third kappa shape index (κ3) is 3.42. The van der Waals surface area contributed by atoms with Crippen LogP contribution in [-0.4, -0.2) is 22.0 Å². The lowest BCUT2D eigenvalue weighted by Gasteiger charge is -2.11. The fraction of sp³-hybridized carbons (Fsp3) is 0.176. The second kappa shape index (κ2) is 6.00. The SMILES string of the molecule is CC(C)Oc1cccc(C(=O)Nc2ccc3[nH]c(=O)[nH]c3c2)c1. The van der Waals surface area contributed by atoms with Crippen LogP contribution in [0, 0.1) is 0 Å². The molecule has 0 fully saturated rings. The molecule has 0 spiro atoms. The molecule has 0 saturated heterocycles.